The van der Waals surface area contributed by atoms with E-state index in [9.17, 15) is 0 Å². The predicted molar refractivity (Wildman–Crippen MR) is 53.2 cm³/mol. The minimum absolute atomic E-state index is 0.0556. The molecule has 76 valence electrons. The Morgan fingerprint density at radius 3 is 2.00 bits per heavy atom. The van der Waals surface area contributed by atoms with E-state index >= 15 is 0 Å². The van der Waals surface area contributed by atoms with E-state index in [1.165, 1.54) is 0 Å². The van der Waals surface area contributed by atoms with E-state index in [1.807, 2.05) is 0 Å². The molecular formula is C11H20O2. The molecule has 1 rings (SSSR count). The van der Waals surface area contributed by atoms with Crippen LogP contribution in [0.4, 0.5) is 0 Å². The fraction of sp³-hybridized carbons (Fsp3) is 0.818. The lowest BCUT2D eigenvalue weighted by Gasteiger charge is -2.31. The third kappa shape index (κ3) is 2.39. The number of hydrogen-bond donors (Lipinski definition) is 0. The van der Waals surface area contributed by atoms with Gasteiger partial charge in [-0.05, 0) is 0 Å². The van der Waals surface area contributed by atoms with Gasteiger partial charge in [-0.1, -0.05) is 34.6 Å². The van der Waals surface area contributed by atoms with Crippen LogP contribution in [0.1, 0.15) is 34.6 Å². The number of hydrogen-bond acceptors (Lipinski definition) is 2. The molecular weight excluding hydrogens is 164 g/mol. The molecule has 0 unspecified atom stereocenters. The zero-order valence-corrected chi connectivity index (χ0v) is 9.31. The van der Waals surface area contributed by atoms with Crippen LogP contribution >= 0.6 is 0 Å². The molecule has 0 saturated heterocycles. The first-order valence-corrected chi connectivity index (χ1v) is 4.93. The lowest BCUT2D eigenvalue weighted by molar-refractivity contribution is 0.0217. The summed E-state index contributed by atoms with van der Waals surface area (Å²) in [6, 6.07) is 0. The zero-order valence-electron chi connectivity index (χ0n) is 9.31. The predicted octanol–water partition coefficient (Wildman–Crippen LogP) is 2.95. The van der Waals surface area contributed by atoms with E-state index in [4.69, 9.17) is 9.47 Å². The van der Waals surface area contributed by atoms with Gasteiger partial charge in [0.1, 0.15) is 24.7 Å². The smallest absolute Gasteiger partial charge is 0.139 e. The van der Waals surface area contributed by atoms with Crippen LogP contribution in [0.25, 0.3) is 0 Å². The van der Waals surface area contributed by atoms with Gasteiger partial charge in [0.2, 0.25) is 0 Å². The van der Waals surface area contributed by atoms with E-state index in [0.29, 0.717) is 19.1 Å². The van der Waals surface area contributed by atoms with Crippen molar-refractivity contribution in [3.05, 3.63) is 11.5 Å². The highest BCUT2D eigenvalue weighted by Gasteiger charge is 2.28. The van der Waals surface area contributed by atoms with Crippen molar-refractivity contribution in [3.8, 4) is 0 Å². The Kier molecular flexibility index (Phi) is 2.89. The van der Waals surface area contributed by atoms with E-state index < -0.39 is 0 Å². The van der Waals surface area contributed by atoms with Gasteiger partial charge in [0.15, 0.2) is 0 Å². The Morgan fingerprint density at radius 1 is 1.08 bits per heavy atom. The van der Waals surface area contributed by atoms with Crippen LogP contribution in [-0.4, -0.2) is 13.2 Å². The Balaban J connectivity index is 2.97. The third-order valence-electron chi connectivity index (χ3n) is 2.02. The second kappa shape index (κ2) is 3.60. The summed E-state index contributed by atoms with van der Waals surface area (Å²) in [4.78, 5) is 0. The van der Waals surface area contributed by atoms with Gasteiger partial charge < -0.3 is 9.47 Å². The Bertz CT molecular complexity index is 209. The van der Waals surface area contributed by atoms with Crippen molar-refractivity contribution < 1.29 is 9.47 Å². The largest absolute Gasteiger partial charge is 0.491 e. The lowest BCUT2D eigenvalue weighted by atomic mass is 9.90. The molecule has 0 atom stereocenters. The molecule has 0 fully saturated rings. The van der Waals surface area contributed by atoms with Gasteiger partial charge in [-0.25, -0.2) is 0 Å². The van der Waals surface area contributed by atoms with Gasteiger partial charge in [0.05, 0.1) is 0 Å². The molecule has 0 aromatic rings. The van der Waals surface area contributed by atoms with E-state index in [-0.39, 0.29) is 5.41 Å². The normalized spacial score (nSPS) is 18.6. The second-order valence-electron chi connectivity index (χ2n) is 4.79. The minimum Gasteiger partial charge on any atom is -0.491 e. The summed E-state index contributed by atoms with van der Waals surface area (Å²) >= 11 is 0. The van der Waals surface area contributed by atoms with Crippen molar-refractivity contribution in [1.82, 2.24) is 0 Å². The average molecular weight is 184 g/mol. The van der Waals surface area contributed by atoms with Crippen molar-refractivity contribution >= 4 is 0 Å². The molecule has 0 spiro atoms. The molecule has 0 saturated carbocycles. The molecule has 0 radical (unpaired) electrons. The second-order valence-corrected chi connectivity index (χ2v) is 4.79. The third-order valence-corrected chi connectivity index (χ3v) is 2.02. The molecule has 1 heterocycles. The van der Waals surface area contributed by atoms with Crippen molar-refractivity contribution in [2.75, 3.05) is 13.2 Å². The van der Waals surface area contributed by atoms with Gasteiger partial charge in [-0.15, -0.1) is 0 Å². The van der Waals surface area contributed by atoms with E-state index in [2.05, 4.69) is 34.6 Å². The first-order chi connectivity index (χ1) is 5.93. The van der Waals surface area contributed by atoms with Crippen LogP contribution in [0, 0.1) is 11.3 Å². The van der Waals surface area contributed by atoms with Crippen molar-refractivity contribution in [2.45, 2.75) is 34.6 Å². The first kappa shape index (κ1) is 10.4. The van der Waals surface area contributed by atoms with Crippen molar-refractivity contribution in [1.29, 1.82) is 0 Å². The van der Waals surface area contributed by atoms with Crippen LogP contribution in [0.5, 0.6) is 0 Å². The summed E-state index contributed by atoms with van der Waals surface area (Å²) in [7, 11) is 0. The number of rotatable bonds is 1. The Morgan fingerprint density at radius 2 is 1.62 bits per heavy atom. The summed E-state index contributed by atoms with van der Waals surface area (Å²) in [5.41, 5.74) is 0.0556. The van der Waals surface area contributed by atoms with Gasteiger partial charge in [-0.3, -0.25) is 0 Å². The van der Waals surface area contributed by atoms with Crippen LogP contribution < -0.4 is 0 Å². The van der Waals surface area contributed by atoms with Crippen molar-refractivity contribution in [2.24, 2.45) is 11.3 Å². The monoisotopic (exact) mass is 184 g/mol. The van der Waals surface area contributed by atoms with Gasteiger partial charge in [0.25, 0.3) is 0 Å². The van der Waals surface area contributed by atoms with Crippen LogP contribution in [0.3, 0.4) is 0 Å². The Hall–Kier alpha value is -0.660. The van der Waals surface area contributed by atoms with Gasteiger partial charge in [-0.2, -0.15) is 0 Å². The highest BCUT2D eigenvalue weighted by atomic mass is 16.6. The van der Waals surface area contributed by atoms with Crippen LogP contribution in [0.2, 0.25) is 0 Å². The molecule has 2 nitrogen and oxygen atoms in total. The molecule has 1 aliphatic heterocycles. The summed E-state index contributed by atoms with van der Waals surface area (Å²) in [5.74, 6) is 2.46. The topological polar surface area (TPSA) is 18.5 Å². The summed E-state index contributed by atoms with van der Waals surface area (Å²) in [5, 5.41) is 0. The molecule has 0 bridgehead atoms. The minimum atomic E-state index is 0.0556. The molecule has 0 amide bonds. The van der Waals surface area contributed by atoms with Gasteiger partial charge in [0, 0.05) is 11.3 Å². The van der Waals surface area contributed by atoms with Crippen molar-refractivity contribution in [3.63, 3.8) is 0 Å². The first-order valence-electron chi connectivity index (χ1n) is 4.93. The SMILES string of the molecule is CC(C)C1=C(C(C)(C)C)OCCO1. The maximum Gasteiger partial charge on any atom is 0.139 e. The fourth-order valence-electron chi connectivity index (χ4n) is 1.45. The molecule has 0 aliphatic carbocycles. The maximum atomic E-state index is 5.67. The molecule has 1 aliphatic rings. The average Bonchev–Trinajstić information content (AvgIpc) is 2.03. The van der Waals surface area contributed by atoms with Crippen LogP contribution in [0.15, 0.2) is 11.5 Å². The standard InChI is InChI=1S/C11H20O2/c1-8(2)9-10(11(3,4)5)13-7-6-12-9/h8H,6-7H2,1-5H3. The zero-order chi connectivity index (χ0) is 10.1. The molecule has 13 heavy (non-hydrogen) atoms. The Labute approximate surface area is 80.9 Å². The number of ether oxygens (including phenoxy) is 2. The lowest BCUT2D eigenvalue weighted by Crippen LogP contribution is -2.24. The summed E-state index contributed by atoms with van der Waals surface area (Å²) in [6.45, 7) is 12.1. The highest BCUT2D eigenvalue weighted by Crippen LogP contribution is 2.34. The molecule has 2 heteroatoms. The summed E-state index contributed by atoms with van der Waals surface area (Å²) in [6.07, 6.45) is 0. The summed E-state index contributed by atoms with van der Waals surface area (Å²) < 4.78 is 11.3. The highest BCUT2D eigenvalue weighted by molar-refractivity contribution is 5.12. The van der Waals surface area contributed by atoms with E-state index in [0.717, 1.165) is 11.5 Å². The molecule has 0 N–H and O–H groups in total. The quantitative estimate of drug-likeness (QED) is 0.623. The number of allylic oxidation sites excluding steroid dienone is 2. The maximum absolute atomic E-state index is 5.67. The molecule has 0 aromatic heterocycles. The fourth-order valence-corrected chi connectivity index (χ4v) is 1.45. The molecule has 0 aromatic carbocycles. The van der Waals surface area contributed by atoms with Crippen LogP contribution in [-0.2, 0) is 9.47 Å². The van der Waals surface area contributed by atoms with Gasteiger partial charge >= 0.3 is 0 Å². The van der Waals surface area contributed by atoms with E-state index in [1.54, 1.807) is 0 Å².